The molecule has 1 aliphatic rings. The van der Waals surface area contributed by atoms with Gasteiger partial charge in [0, 0.05) is 0 Å². The number of nitrogens with zero attached hydrogens (tertiary/aromatic N) is 2. The Morgan fingerprint density at radius 1 is 0.765 bits per heavy atom. The van der Waals surface area contributed by atoms with Crippen molar-refractivity contribution in [3.63, 3.8) is 0 Å². The van der Waals surface area contributed by atoms with Crippen LogP contribution >= 0.6 is 0 Å². The monoisotopic (exact) mass is 288 g/mol. The van der Waals surface area contributed by atoms with Crippen LogP contribution < -0.4 is 0 Å². The Labute approximate surface area is 113 Å². The zero-order chi connectivity index (χ0) is 13.4. The van der Waals surface area contributed by atoms with E-state index in [4.69, 9.17) is 0 Å². The van der Waals surface area contributed by atoms with Crippen molar-refractivity contribution in [1.82, 2.24) is 8.46 Å². The maximum absolute atomic E-state index is 2.99. The third-order valence-electron chi connectivity index (χ3n) is 4.59. The second kappa shape index (κ2) is 5.29. The SMILES string of the molecule is CC(C)CN1[SiH2]N(CC(C)C)[Si](C)(C)[Si]1(C)C. The molecule has 0 aromatic heterocycles. The molecule has 0 bridgehead atoms. The molecule has 0 unspecified atom stereocenters. The summed E-state index contributed by atoms with van der Waals surface area (Å²) in [6.45, 7) is 22.7. The first kappa shape index (κ1) is 15.6. The Morgan fingerprint density at radius 3 is 1.29 bits per heavy atom. The summed E-state index contributed by atoms with van der Waals surface area (Å²) in [5.41, 5.74) is 0. The van der Waals surface area contributed by atoms with Crippen molar-refractivity contribution in [3.05, 3.63) is 0 Å². The molecule has 0 amide bonds. The van der Waals surface area contributed by atoms with Gasteiger partial charge in [0.05, 0.1) is 0 Å². The van der Waals surface area contributed by atoms with Crippen LogP contribution in [-0.4, -0.2) is 46.9 Å². The molecule has 5 heteroatoms. The molecule has 0 aromatic carbocycles. The van der Waals surface area contributed by atoms with Crippen LogP contribution in [0.3, 0.4) is 0 Å². The van der Waals surface area contributed by atoms with Crippen molar-refractivity contribution in [2.75, 3.05) is 13.1 Å². The van der Waals surface area contributed by atoms with Gasteiger partial charge in [0.15, 0.2) is 9.84 Å². The van der Waals surface area contributed by atoms with Gasteiger partial charge in [-0.05, 0) is 24.9 Å². The minimum Gasteiger partial charge on any atom is -0.339 e. The van der Waals surface area contributed by atoms with Gasteiger partial charge in [-0.2, -0.15) is 0 Å². The molecule has 1 heterocycles. The molecule has 1 fully saturated rings. The van der Waals surface area contributed by atoms with Gasteiger partial charge in [-0.15, -0.1) is 0 Å². The molecule has 102 valence electrons. The minimum absolute atomic E-state index is 0.133. The lowest BCUT2D eigenvalue weighted by Gasteiger charge is -2.40. The lowest BCUT2D eigenvalue weighted by Crippen LogP contribution is -2.64. The van der Waals surface area contributed by atoms with Crippen molar-refractivity contribution >= 4 is 25.3 Å². The second-order valence-corrected chi connectivity index (χ2v) is 25.4. The van der Waals surface area contributed by atoms with Crippen molar-refractivity contribution in [3.8, 4) is 0 Å². The number of hydrogen-bond acceptors (Lipinski definition) is 2. The largest absolute Gasteiger partial charge is 0.339 e. The molecule has 0 aliphatic carbocycles. The van der Waals surface area contributed by atoms with Gasteiger partial charge in [0.2, 0.25) is 0 Å². The lowest BCUT2D eigenvalue weighted by molar-refractivity contribution is 0.475. The van der Waals surface area contributed by atoms with E-state index in [2.05, 4.69) is 62.3 Å². The van der Waals surface area contributed by atoms with Gasteiger partial charge in [0.25, 0.3) is 0 Å². The highest BCUT2D eigenvalue weighted by Gasteiger charge is 2.55. The van der Waals surface area contributed by atoms with Gasteiger partial charge >= 0.3 is 0 Å². The molecule has 0 saturated carbocycles. The van der Waals surface area contributed by atoms with Crippen LogP contribution in [0, 0.1) is 11.8 Å². The lowest BCUT2D eigenvalue weighted by atomic mass is 10.2. The maximum Gasteiger partial charge on any atom is 0.159 e. The molecule has 0 N–H and O–H groups in total. The third-order valence-corrected chi connectivity index (χ3v) is 30.7. The topological polar surface area (TPSA) is 6.48 Å². The first-order valence-electron chi connectivity index (χ1n) is 7.09. The fourth-order valence-electron chi connectivity index (χ4n) is 2.79. The van der Waals surface area contributed by atoms with Crippen LogP contribution in [0.5, 0.6) is 0 Å². The first-order chi connectivity index (χ1) is 7.59. The molecule has 1 aliphatic heterocycles. The highest BCUT2D eigenvalue weighted by Crippen LogP contribution is 2.33. The van der Waals surface area contributed by atoms with Crippen molar-refractivity contribution in [2.24, 2.45) is 11.8 Å². The van der Waals surface area contributed by atoms with Gasteiger partial charge in [0.1, 0.15) is 15.5 Å². The van der Waals surface area contributed by atoms with Gasteiger partial charge < -0.3 is 8.46 Å². The molecular formula is C12H32N2Si3. The minimum atomic E-state index is -1.13. The van der Waals surface area contributed by atoms with E-state index >= 15 is 0 Å². The van der Waals surface area contributed by atoms with E-state index in [1.54, 1.807) is 0 Å². The molecule has 1 rings (SSSR count). The van der Waals surface area contributed by atoms with Crippen LogP contribution in [-0.2, 0) is 0 Å². The molecule has 0 atom stereocenters. The van der Waals surface area contributed by atoms with Gasteiger partial charge in [-0.1, -0.05) is 53.9 Å². The zero-order valence-corrected chi connectivity index (χ0v) is 16.6. The zero-order valence-electron chi connectivity index (χ0n) is 13.2. The average Bonchev–Trinajstić information content (AvgIpc) is 2.26. The second-order valence-electron chi connectivity index (χ2n) is 7.49. The Kier molecular flexibility index (Phi) is 4.86. The highest BCUT2D eigenvalue weighted by molar-refractivity contribution is 7.42. The third kappa shape index (κ3) is 3.12. The smallest absolute Gasteiger partial charge is 0.159 e. The summed E-state index contributed by atoms with van der Waals surface area (Å²) in [7, 11) is -2.39. The van der Waals surface area contributed by atoms with E-state index in [-0.39, 0.29) is 9.84 Å². The summed E-state index contributed by atoms with van der Waals surface area (Å²) in [5.74, 6) is 1.66. The Bertz CT molecular complexity index is 238. The molecule has 1 saturated heterocycles. The highest BCUT2D eigenvalue weighted by atomic mass is 29.3. The van der Waals surface area contributed by atoms with E-state index in [1.165, 1.54) is 13.1 Å². The Balaban J connectivity index is 2.86. The average molecular weight is 289 g/mol. The fraction of sp³-hybridized carbons (Fsp3) is 1.00. The maximum atomic E-state index is 2.99. The summed E-state index contributed by atoms with van der Waals surface area (Å²) in [5, 5.41) is 0. The van der Waals surface area contributed by atoms with E-state index in [0.29, 0.717) is 0 Å². The van der Waals surface area contributed by atoms with Crippen molar-refractivity contribution in [2.45, 2.75) is 53.9 Å². The standard InChI is InChI=1S/C12H32N2Si3/c1-11(2)9-13-15-14(10-12(3)4)17(7,8)16(13,5)6/h11-12H,9-10,15H2,1-8H3. The molecule has 2 nitrogen and oxygen atoms in total. The molecular weight excluding hydrogens is 256 g/mol. The van der Waals surface area contributed by atoms with Crippen LogP contribution in [0.2, 0.25) is 26.2 Å². The summed E-state index contributed by atoms with van der Waals surface area (Å²) in [6.07, 6.45) is 0. The summed E-state index contributed by atoms with van der Waals surface area (Å²) < 4.78 is 5.98. The predicted octanol–water partition coefficient (Wildman–Crippen LogP) is 2.40. The van der Waals surface area contributed by atoms with E-state index in [0.717, 1.165) is 11.8 Å². The molecule has 0 spiro atoms. The Morgan fingerprint density at radius 2 is 1.06 bits per heavy atom. The molecule has 0 aromatic rings. The van der Waals surface area contributed by atoms with Crippen molar-refractivity contribution < 1.29 is 0 Å². The normalized spacial score (nSPS) is 25.1. The van der Waals surface area contributed by atoms with E-state index in [1.807, 2.05) is 0 Å². The van der Waals surface area contributed by atoms with Crippen molar-refractivity contribution in [1.29, 1.82) is 0 Å². The summed E-state index contributed by atoms with van der Waals surface area (Å²) in [6, 6.07) is 0. The number of rotatable bonds is 4. The predicted molar refractivity (Wildman–Crippen MR) is 86.6 cm³/mol. The van der Waals surface area contributed by atoms with Crippen LogP contribution in [0.4, 0.5) is 0 Å². The quantitative estimate of drug-likeness (QED) is 0.733. The molecule has 0 radical (unpaired) electrons. The summed E-state index contributed by atoms with van der Waals surface area (Å²) in [4.78, 5) is 0. The number of hydrogen-bond donors (Lipinski definition) is 0. The van der Waals surface area contributed by atoms with Crippen LogP contribution in [0.25, 0.3) is 0 Å². The molecule has 17 heavy (non-hydrogen) atoms. The van der Waals surface area contributed by atoms with Gasteiger partial charge in [-0.25, -0.2) is 0 Å². The van der Waals surface area contributed by atoms with E-state index in [9.17, 15) is 0 Å². The van der Waals surface area contributed by atoms with E-state index < -0.39 is 15.5 Å². The van der Waals surface area contributed by atoms with Gasteiger partial charge in [-0.3, -0.25) is 0 Å². The van der Waals surface area contributed by atoms with Crippen LogP contribution in [0.1, 0.15) is 27.7 Å². The fourth-order valence-corrected chi connectivity index (χ4v) is 25.4. The van der Waals surface area contributed by atoms with Crippen LogP contribution in [0.15, 0.2) is 0 Å². The first-order valence-corrected chi connectivity index (χ1v) is 15.2. The Hall–Kier alpha value is 0.571. The summed E-state index contributed by atoms with van der Waals surface area (Å²) >= 11 is 0.